The number of aryl methyl sites for hydroxylation is 1. The predicted octanol–water partition coefficient (Wildman–Crippen LogP) is 4.38. The maximum Gasteiger partial charge on any atom is 0.224 e. The lowest BCUT2D eigenvalue weighted by Crippen LogP contribution is -2.30. The standard InChI is InChI=1S/C17H30N4/c1-4-11-18-17-19-13(3)12-16(21-17)20-15(5-2)14-9-7-6-8-10-14/h12,14-15H,4-11H2,1-3H3,(H2,18,19,20,21). The van der Waals surface area contributed by atoms with Gasteiger partial charge < -0.3 is 10.6 Å². The molecule has 0 saturated heterocycles. The van der Waals surface area contributed by atoms with E-state index in [9.17, 15) is 0 Å². The highest BCUT2D eigenvalue weighted by atomic mass is 15.1. The van der Waals surface area contributed by atoms with Crippen molar-refractivity contribution in [1.82, 2.24) is 9.97 Å². The van der Waals surface area contributed by atoms with Crippen LogP contribution in [0.2, 0.25) is 0 Å². The summed E-state index contributed by atoms with van der Waals surface area (Å²) in [6.07, 6.45) is 9.13. The summed E-state index contributed by atoms with van der Waals surface area (Å²) >= 11 is 0. The Morgan fingerprint density at radius 2 is 1.95 bits per heavy atom. The second-order valence-corrected chi connectivity index (χ2v) is 6.20. The molecule has 0 amide bonds. The summed E-state index contributed by atoms with van der Waals surface area (Å²) in [4.78, 5) is 9.08. The summed E-state index contributed by atoms with van der Waals surface area (Å²) in [5.41, 5.74) is 1.02. The van der Waals surface area contributed by atoms with Gasteiger partial charge in [0.05, 0.1) is 0 Å². The lowest BCUT2D eigenvalue weighted by Gasteiger charge is -2.30. The van der Waals surface area contributed by atoms with E-state index in [4.69, 9.17) is 0 Å². The van der Waals surface area contributed by atoms with Gasteiger partial charge in [-0.2, -0.15) is 4.98 Å². The van der Waals surface area contributed by atoms with E-state index in [-0.39, 0.29) is 0 Å². The smallest absolute Gasteiger partial charge is 0.224 e. The summed E-state index contributed by atoms with van der Waals surface area (Å²) in [7, 11) is 0. The molecule has 2 rings (SSSR count). The van der Waals surface area contributed by atoms with Gasteiger partial charge in [0.15, 0.2) is 0 Å². The monoisotopic (exact) mass is 290 g/mol. The number of anilines is 2. The third kappa shape index (κ3) is 4.87. The molecule has 1 aromatic rings. The predicted molar refractivity (Wildman–Crippen MR) is 89.8 cm³/mol. The van der Waals surface area contributed by atoms with E-state index in [0.717, 1.165) is 42.8 Å². The Morgan fingerprint density at radius 1 is 1.19 bits per heavy atom. The van der Waals surface area contributed by atoms with Crippen LogP contribution in [0.15, 0.2) is 6.07 Å². The van der Waals surface area contributed by atoms with Gasteiger partial charge in [0, 0.05) is 24.3 Å². The second-order valence-electron chi connectivity index (χ2n) is 6.20. The van der Waals surface area contributed by atoms with Crippen LogP contribution in [-0.2, 0) is 0 Å². The quantitative estimate of drug-likeness (QED) is 0.782. The molecule has 1 atom stereocenters. The molecule has 0 spiro atoms. The van der Waals surface area contributed by atoms with Crippen molar-refractivity contribution in [3.63, 3.8) is 0 Å². The first-order valence-corrected chi connectivity index (χ1v) is 8.59. The fourth-order valence-corrected chi connectivity index (χ4v) is 3.24. The number of hydrogen-bond acceptors (Lipinski definition) is 4. The molecule has 1 fully saturated rings. The van der Waals surface area contributed by atoms with Gasteiger partial charge in [-0.1, -0.05) is 33.1 Å². The molecule has 1 unspecified atom stereocenters. The number of nitrogens with one attached hydrogen (secondary N) is 2. The molecule has 2 N–H and O–H groups in total. The first-order chi connectivity index (χ1) is 10.2. The van der Waals surface area contributed by atoms with Crippen molar-refractivity contribution in [3.05, 3.63) is 11.8 Å². The van der Waals surface area contributed by atoms with E-state index >= 15 is 0 Å². The minimum absolute atomic E-state index is 0.540. The van der Waals surface area contributed by atoms with Crippen molar-refractivity contribution < 1.29 is 0 Å². The Balaban J connectivity index is 2.03. The normalized spacial score (nSPS) is 17.5. The minimum Gasteiger partial charge on any atom is -0.367 e. The fraction of sp³-hybridized carbons (Fsp3) is 0.765. The van der Waals surface area contributed by atoms with Gasteiger partial charge in [-0.3, -0.25) is 0 Å². The first-order valence-electron chi connectivity index (χ1n) is 8.59. The van der Waals surface area contributed by atoms with Gasteiger partial charge in [-0.05, 0) is 38.5 Å². The Hall–Kier alpha value is -1.32. The van der Waals surface area contributed by atoms with Crippen LogP contribution in [0, 0.1) is 12.8 Å². The lowest BCUT2D eigenvalue weighted by molar-refractivity contribution is 0.312. The Kier molecular flexibility index (Phi) is 6.27. The van der Waals surface area contributed by atoms with Crippen LogP contribution in [0.5, 0.6) is 0 Å². The van der Waals surface area contributed by atoms with E-state index in [1.54, 1.807) is 0 Å². The SMILES string of the molecule is CCCNc1nc(C)cc(NC(CC)C2CCCCC2)n1. The van der Waals surface area contributed by atoms with Crippen molar-refractivity contribution in [2.75, 3.05) is 17.2 Å². The van der Waals surface area contributed by atoms with Gasteiger partial charge in [0.25, 0.3) is 0 Å². The molecular weight excluding hydrogens is 260 g/mol. The fourth-order valence-electron chi connectivity index (χ4n) is 3.24. The van der Waals surface area contributed by atoms with Crippen LogP contribution >= 0.6 is 0 Å². The summed E-state index contributed by atoms with van der Waals surface area (Å²) < 4.78 is 0. The van der Waals surface area contributed by atoms with Gasteiger partial charge >= 0.3 is 0 Å². The molecular formula is C17H30N4. The van der Waals surface area contributed by atoms with Crippen molar-refractivity contribution in [2.24, 2.45) is 5.92 Å². The van der Waals surface area contributed by atoms with Crippen LogP contribution in [0.4, 0.5) is 11.8 Å². The molecule has 4 heteroatoms. The third-order valence-corrected chi connectivity index (χ3v) is 4.38. The van der Waals surface area contributed by atoms with E-state index < -0.39 is 0 Å². The van der Waals surface area contributed by atoms with Crippen molar-refractivity contribution in [3.8, 4) is 0 Å². The van der Waals surface area contributed by atoms with Crippen LogP contribution in [0.25, 0.3) is 0 Å². The van der Waals surface area contributed by atoms with Gasteiger partial charge in [-0.25, -0.2) is 4.98 Å². The summed E-state index contributed by atoms with van der Waals surface area (Å²) in [6.45, 7) is 7.38. The number of rotatable bonds is 7. The molecule has 0 aliphatic heterocycles. The van der Waals surface area contributed by atoms with Crippen molar-refractivity contribution in [1.29, 1.82) is 0 Å². The molecule has 1 heterocycles. The topological polar surface area (TPSA) is 49.8 Å². The zero-order valence-corrected chi connectivity index (χ0v) is 13.8. The molecule has 1 aliphatic rings. The average molecular weight is 290 g/mol. The molecule has 1 saturated carbocycles. The first kappa shape index (κ1) is 16.1. The van der Waals surface area contributed by atoms with Crippen LogP contribution in [0.3, 0.4) is 0 Å². The van der Waals surface area contributed by atoms with Crippen LogP contribution < -0.4 is 10.6 Å². The molecule has 1 aromatic heterocycles. The van der Waals surface area contributed by atoms with Crippen molar-refractivity contribution >= 4 is 11.8 Å². The molecule has 21 heavy (non-hydrogen) atoms. The van der Waals surface area contributed by atoms with E-state index in [0.29, 0.717) is 6.04 Å². The highest BCUT2D eigenvalue weighted by molar-refractivity contribution is 5.43. The third-order valence-electron chi connectivity index (χ3n) is 4.38. The molecule has 4 nitrogen and oxygen atoms in total. The summed E-state index contributed by atoms with van der Waals surface area (Å²) in [5.74, 6) is 2.52. The Bertz CT molecular complexity index is 427. The Labute approximate surface area is 129 Å². The van der Waals surface area contributed by atoms with E-state index in [1.165, 1.54) is 32.1 Å². The van der Waals surface area contributed by atoms with Gasteiger partial charge in [0.2, 0.25) is 5.95 Å². The lowest BCUT2D eigenvalue weighted by atomic mass is 9.83. The molecule has 0 bridgehead atoms. The maximum absolute atomic E-state index is 4.62. The second kappa shape index (κ2) is 8.20. The largest absolute Gasteiger partial charge is 0.367 e. The molecule has 0 radical (unpaired) electrons. The highest BCUT2D eigenvalue weighted by Crippen LogP contribution is 2.29. The summed E-state index contributed by atoms with van der Waals surface area (Å²) in [6, 6.07) is 2.60. The molecule has 0 aromatic carbocycles. The van der Waals surface area contributed by atoms with Crippen LogP contribution in [0.1, 0.15) is 64.5 Å². The highest BCUT2D eigenvalue weighted by Gasteiger charge is 2.22. The van der Waals surface area contributed by atoms with Gasteiger partial charge in [0.1, 0.15) is 5.82 Å². The number of nitrogens with zero attached hydrogens (tertiary/aromatic N) is 2. The average Bonchev–Trinajstić information content (AvgIpc) is 2.51. The van der Waals surface area contributed by atoms with E-state index in [2.05, 4.69) is 40.5 Å². The Morgan fingerprint density at radius 3 is 2.62 bits per heavy atom. The van der Waals surface area contributed by atoms with Gasteiger partial charge in [-0.15, -0.1) is 0 Å². The number of aromatic nitrogens is 2. The number of hydrogen-bond donors (Lipinski definition) is 2. The zero-order valence-electron chi connectivity index (χ0n) is 13.8. The summed E-state index contributed by atoms with van der Waals surface area (Å²) in [5, 5.41) is 6.95. The molecule has 118 valence electrons. The minimum atomic E-state index is 0.540. The molecule has 1 aliphatic carbocycles. The van der Waals surface area contributed by atoms with Crippen molar-refractivity contribution in [2.45, 2.75) is 71.8 Å². The van der Waals surface area contributed by atoms with Crippen LogP contribution in [-0.4, -0.2) is 22.6 Å². The maximum atomic E-state index is 4.62. The van der Waals surface area contributed by atoms with E-state index in [1.807, 2.05) is 6.92 Å². The zero-order chi connectivity index (χ0) is 15.1.